The van der Waals surface area contributed by atoms with Gasteiger partial charge in [-0.2, -0.15) is 0 Å². The van der Waals surface area contributed by atoms with E-state index >= 15 is 0 Å². The number of amides is 1. The molecular formula is C21H20ClNO5. The SMILES string of the molecule is CC(=O)c1ccc(NC(=O)[C@H](C)OC(=O)[C@@H]2COc3ccc(Cl)cc3C2)cc1. The van der Waals surface area contributed by atoms with Crippen LogP contribution in [0, 0.1) is 5.92 Å². The van der Waals surface area contributed by atoms with E-state index in [1.54, 1.807) is 42.5 Å². The molecule has 0 fully saturated rings. The lowest BCUT2D eigenvalue weighted by molar-refractivity contribution is -0.158. The maximum atomic E-state index is 12.4. The molecule has 0 saturated carbocycles. The molecule has 2 atom stereocenters. The van der Waals surface area contributed by atoms with E-state index in [1.807, 2.05) is 0 Å². The van der Waals surface area contributed by atoms with Crippen molar-refractivity contribution in [3.8, 4) is 5.75 Å². The van der Waals surface area contributed by atoms with Crippen molar-refractivity contribution in [3.63, 3.8) is 0 Å². The van der Waals surface area contributed by atoms with Crippen LogP contribution in [0.3, 0.4) is 0 Å². The highest BCUT2D eigenvalue weighted by molar-refractivity contribution is 6.30. The molecule has 0 spiro atoms. The van der Waals surface area contributed by atoms with E-state index in [4.69, 9.17) is 21.1 Å². The molecule has 1 amide bonds. The van der Waals surface area contributed by atoms with Crippen molar-refractivity contribution in [3.05, 3.63) is 58.6 Å². The molecule has 2 aromatic carbocycles. The number of carbonyl (C=O) groups excluding carboxylic acids is 3. The standard InChI is InChI=1S/C21H20ClNO5/c1-12(24)14-3-6-18(7-4-14)23-20(25)13(2)28-21(26)16-9-15-10-17(22)5-8-19(15)27-11-16/h3-8,10,13,16H,9,11H2,1-2H3,(H,23,25)/t13-,16-/m0/s1. The van der Waals surface area contributed by atoms with Gasteiger partial charge < -0.3 is 14.8 Å². The Kier molecular flexibility index (Phi) is 5.99. The highest BCUT2D eigenvalue weighted by Gasteiger charge is 2.30. The summed E-state index contributed by atoms with van der Waals surface area (Å²) in [7, 11) is 0. The summed E-state index contributed by atoms with van der Waals surface area (Å²) >= 11 is 5.99. The van der Waals surface area contributed by atoms with E-state index in [1.165, 1.54) is 13.8 Å². The highest BCUT2D eigenvalue weighted by atomic mass is 35.5. The number of fused-ring (bicyclic) bond motifs is 1. The summed E-state index contributed by atoms with van der Waals surface area (Å²) in [5.74, 6) is -0.814. The molecule has 6 nitrogen and oxygen atoms in total. The molecule has 1 aliphatic heterocycles. The fourth-order valence-corrected chi connectivity index (χ4v) is 3.07. The van der Waals surface area contributed by atoms with E-state index in [0.29, 0.717) is 28.4 Å². The Labute approximate surface area is 167 Å². The van der Waals surface area contributed by atoms with E-state index in [0.717, 1.165) is 5.56 Å². The van der Waals surface area contributed by atoms with Gasteiger partial charge in [0.2, 0.25) is 0 Å². The van der Waals surface area contributed by atoms with Crippen molar-refractivity contribution >= 4 is 34.9 Å². The normalized spacial score (nSPS) is 16.3. The number of nitrogens with one attached hydrogen (secondary N) is 1. The summed E-state index contributed by atoms with van der Waals surface area (Å²) in [6.45, 7) is 3.16. The molecule has 0 bridgehead atoms. The Morgan fingerprint density at radius 3 is 2.57 bits per heavy atom. The largest absolute Gasteiger partial charge is 0.492 e. The van der Waals surface area contributed by atoms with Gasteiger partial charge in [-0.25, -0.2) is 0 Å². The first-order valence-corrected chi connectivity index (χ1v) is 9.25. The summed E-state index contributed by atoms with van der Waals surface area (Å²) in [5.41, 5.74) is 1.90. The van der Waals surface area contributed by atoms with Crippen LogP contribution >= 0.6 is 11.6 Å². The van der Waals surface area contributed by atoms with Gasteiger partial charge in [0.05, 0.1) is 5.92 Å². The molecule has 1 heterocycles. The van der Waals surface area contributed by atoms with Gasteiger partial charge >= 0.3 is 5.97 Å². The summed E-state index contributed by atoms with van der Waals surface area (Å²) in [5, 5.41) is 3.23. The lowest BCUT2D eigenvalue weighted by atomic mass is 9.97. The van der Waals surface area contributed by atoms with Crippen molar-refractivity contribution in [2.45, 2.75) is 26.4 Å². The zero-order valence-corrected chi connectivity index (χ0v) is 16.3. The van der Waals surface area contributed by atoms with Gasteiger partial charge in [0.1, 0.15) is 12.4 Å². The van der Waals surface area contributed by atoms with Crippen LogP contribution in [0.4, 0.5) is 5.69 Å². The molecular weight excluding hydrogens is 382 g/mol. The van der Waals surface area contributed by atoms with E-state index in [-0.39, 0.29) is 12.4 Å². The lowest BCUT2D eigenvalue weighted by Crippen LogP contribution is -2.36. The van der Waals surface area contributed by atoms with Gasteiger partial charge in [-0.1, -0.05) is 11.6 Å². The van der Waals surface area contributed by atoms with Crippen molar-refractivity contribution in [1.82, 2.24) is 0 Å². The number of halogens is 1. The minimum absolute atomic E-state index is 0.0577. The van der Waals surface area contributed by atoms with Crippen molar-refractivity contribution in [2.24, 2.45) is 5.92 Å². The molecule has 7 heteroatoms. The molecule has 0 aromatic heterocycles. The fraction of sp³-hybridized carbons (Fsp3) is 0.286. The van der Waals surface area contributed by atoms with Crippen LogP contribution in [-0.2, 0) is 20.7 Å². The summed E-state index contributed by atoms with van der Waals surface area (Å²) in [6.07, 6.45) is -0.531. The third-order valence-electron chi connectivity index (χ3n) is 4.48. The number of anilines is 1. The number of rotatable bonds is 5. The van der Waals surface area contributed by atoms with Gasteiger partial charge in [0.15, 0.2) is 11.9 Å². The number of ether oxygens (including phenoxy) is 2. The maximum absolute atomic E-state index is 12.4. The number of carbonyl (C=O) groups is 3. The van der Waals surface area contributed by atoms with Gasteiger partial charge in [-0.05, 0) is 68.3 Å². The lowest BCUT2D eigenvalue weighted by Gasteiger charge is -2.25. The van der Waals surface area contributed by atoms with Crippen LogP contribution < -0.4 is 10.1 Å². The summed E-state index contributed by atoms with van der Waals surface area (Å²) in [4.78, 5) is 36.0. The quantitative estimate of drug-likeness (QED) is 0.610. The predicted octanol–water partition coefficient (Wildman–Crippen LogP) is 3.66. The van der Waals surface area contributed by atoms with Crippen LogP contribution in [0.1, 0.15) is 29.8 Å². The number of ketones is 1. The van der Waals surface area contributed by atoms with Crippen LogP contribution in [0.25, 0.3) is 0 Å². The topological polar surface area (TPSA) is 81.7 Å². The molecule has 0 saturated heterocycles. The minimum Gasteiger partial charge on any atom is -0.492 e. The number of esters is 1. The van der Waals surface area contributed by atoms with Crippen LogP contribution in [0.5, 0.6) is 5.75 Å². The molecule has 0 aliphatic carbocycles. The van der Waals surface area contributed by atoms with Crippen LogP contribution in [0.2, 0.25) is 5.02 Å². The highest BCUT2D eigenvalue weighted by Crippen LogP contribution is 2.30. The van der Waals surface area contributed by atoms with Gasteiger partial charge in [-0.3, -0.25) is 14.4 Å². The average Bonchev–Trinajstić information content (AvgIpc) is 2.67. The Hall–Kier alpha value is -2.86. The van der Waals surface area contributed by atoms with Crippen molar-refractivity contribution in [2.75, 3.05) is 11.9 Å². The number of hydrogen-bond donors (Lipinski definition) is 1. The number of benzene rings is 2. The second-order valence-corrected chi connectivity index (χ2v) is 7.10. The third-order valence-corrected chi connectivity index (χ3v) is 4.72. The Bertz CT molecular complexity index is 910. The Morgan fingerprint density at radius 1 is 1.18 bits per heavy atom. The number of hydrogen-bond acceptors (Lipinski definition) is 5. The minimum atomic E-state index is -0.972. The third kappa shape index (κ3) is 4.70. The fourth-order valence-electron chi connectivity index (χ4n) is 2.87. The smallest absolute Gasteiger partial charge is 0.313 e. The van der Waals surface area contributed by atoms with Crippen LogP contribution in [-0.4, -0.2) is 30.4 Å². The Balaban J connectivity index is 1.56. The second kappa shape index (κ2) is 8.44. The number of Topliss-reactive ketones (excluding diaryl/α,β-unsaturated/α-hetero) is 1. The first kappa shape index (κ1) is 19.9. The second-order valence-electron chi connectivity index (χ2n) is 6.67. The molecule has 1 N–H and O–H groups in total. The molecule has 3 rings (SSSR count). The molecule has 1 aliphatic rings. The van der Waals surface area contributed by atoms with Crippen molar-refractivity contribution < 1.29 is 23.9 Å². The molecule has 28 heavy (non-hydrogen) atoms. The van der Waals surface area contributed by atoms with Crippen LogP contribution in [0.15, 0.2) is 42.5 Å². The summed E-state index contributed by atoms with van der Waals surface area (Å²) < 4.78 is 10.9. The average molecular weight is 402 g/mol. The monoisotopic (exact) mass is 401 g/mol. The molecule has 0 unspecified atom stereocenters. The molecule has 2 aromatic rings. The van der Waals surface area contributed by atoms with Gasteiger partial charge in [-0.15, -0.1) is 0 Å². The zero-order valence-electron chi connectivity index (χ0n) is 15.5. The van der Waals surface area contributed by atoms with Crippen molar-refractivity contribution in [1.29, 1.82) is 0 Å². The van der Waals surface area contributed by atoms with E-state index in [2.05, 4.69) is 5.32 Å². The van der Waals surface area contributed by atoms with E-state index < -0.39 is 23.9 Å². The zero-order chi connectivity index (χ0) is 20.3. The maximum Gasteiger partial charge on any atom is 0.313 e. The Morgan fingerprint density at radius 2 is 1.89 bits per heavy atom. The molecule has 0 radical (unpaired) electrons. The summed E-state index contributed by atoms with van der Waals surface area (Å²) in [6, 6.07) is 11.8. The molecule has 146 valence electrons. The predicted molar refractivity (Wildman–Crippen MR) is 105 cm³/mol. The van der Waals surface area contributed by atoms with E-state index in [9.17, 15) is 14.4 Å². The van der Waals surface area contributed by atoms with Gasteiger partial charge in [0, 0.05) is 16.3 Å². The first-order chi connectivity index (χ1) is 13.3. The first-order valence-electron chi connectivity index (χ1n) is 8.87. The van der Waals surface area contributed by atoms with Gasteiger partial charge in [0.25, 0.3) is 5.91 Å².